The number of likely N-dealkylation sites (N-methyl/N-ethyl adjacent to an activating group) is 1. The molecule has 0 aromatic heterocycles. The first-order valence-corrected chi connectivity index (χ1v) is 6.17. The number of nitrogens with one attached hydrogen (secondary N) is 1. The van der Waals surface area contributed by atoms with Crippen LogP contribution in [0.5, 0.6) is 0 Å². The molecule has 0 aliphatic rings. The average Bonchev–Trinajstić information content (AvgIpc) is 2.28. The van der Waals surface area contributed by atoms with Gasteiger partial charge in [-0.15, -0.1) is 0 Å². The minimum absolute atomic E-state index is 0. The number of carbonyl (C=O) groups excluding carboxylic acids is 1. The van der Waals surface area contributed by atoms with Crippen LogP contribution in [0.25, 0.3) is 0 Å². The fourth-order valence-corrected chi connectivity index (χ4v) is 1.62. The van der Waals surface area contributed by atoms with Gasteiger partial charge in [-0.2, -0.15) is 0 Å². The molecule has 5 heteroatoms. The first kappa shape index (κ1) is 16.4. The lowest BCUT2D eigenvalue weighted by Gasteiger charge is -2.11. The number of quaternary nitrogens is 1. The van der Waals surface area contributed by atoms with Gasteiger partial charge < -0.3 is 22.0 Å². The number of rotatable bonds is 5. The average molecular weight is 323 g/mol. The van der Waals surface area contributed by atoms with E-state index in [0.29, 0.717) is 6.61 Å². The fraction of sp³-hybridized carbons (Fsp3) is 0.417. The van der Waals surface area contributed by atoms with Crippen molar-refractivity contribution in [3.8, 4) is 0 Å². The SMILES string of the molecule is C[NH+](C)CCOC(=O)C(Br)c1ccccc1.[Cl-]. The molecule has 1 rings (SSSR count). The van der Waals surface area contributed by atoms with E-state index in [0.717, 1.165) is 12.1 Å². The van der Waals surface area contributed by atoms with E-state index < -0.39 is 0 Å². The molecule has 1 aromatic carbocycles. The molecule has 1 aromatic rings. The van der Waals surface area contributed by atoms with E-state index in [1.54, 1.807) is 0 Å². The van der Waals surface area contributed by atoms with Crippen molar-refractivity contribution in [2.24, 2.45) is 0 Å². The number of carbonyl (C=O) groups is 1. The molecule has 0 amide bonds. The van der Waals surface area contributed by atoms with Gasteiger partial charge in [0.2, 0.25) is 0 Å². The summed E-state index contributed by atoms with van der Waals surface area (Å²) in [6.07, 6.45) is 0. The van der Waals surface area contributed by atoms with Gasteiger partial charge >= 0.3 is 5.97 Å². The number of ether oxygens (including phenoxy) is 1. The van der Waals surface area contributed by atoms with Crippen molar-refractivity contribution in [1.82, 2.24) is 0 Å². The normalized spacial score (nSPS) is 11.8. The Balaban J connectivity index is 0.00000256. The van der Waals surface area contributed by atoms with E-state index in [9.17, 15) is 4.79 Å². The lowest BCUT2D eigenvalue weighted by atomic mass is 10.1. The highest BCUT2D eigenvalue weighted by Crippen LogP contribution is 2.23. The highest BCUT2D eigenvalue weighted by Gasteiger charge is 2.18. The zero-order valence-electron chi connectivity index (χ0n) is 9.95. The van der Waals surface area contributed by atoms with E-state index in [1.165, 1.54) is 4.90 Å². The molecule has 1 N–H and O–H groups in total. The van der Waals surface area contributed by atoms with Gasteiger partial charge in [-0.05, 0) is 5.56 Å². The Labute approximate surface area is 117 Å². The predicted octanol–water partition coefficient (Wildman–Crippen LogP) is -2.19. The van der Waals surface area contributed by atoms with Crippen molar-refractivity contribution in [3.05, 3.63) is 35.9 Å². The van der Waals surface area contributed by atoms with Gasteiger partial charge in [0.25, 0.3) is 0 Å². The summed E-state index contributed by atoms with van der Waals surface area (Å²) in [7, 11) is 4.05. The monoisotopic (exact) mass is 321 g/mol. The number of hydrogen-bond acceptors (Lipinski definition) is 2. The molecule has 0 aliphatic heterocycles. The predicted molar refractivity (Wildman–Crippen MR) is 66.7 cm³/mol. The van der Waals surface area contributed by atoms with Crippen molar-refractivity contribution >= 4 is 21.9 Å². The number of alkyl halides is 1. The summed E-state index contributed by atoms with van der Waals surface area (Å²) in [6.45, 7) is 1.27. The Morgan fingerprint density at radius 1 is 1.35 bits per heavy atom. The summed E-state index contributed by atoms with van der Waals surface area (Å²) in [4.78, 5) is 12.5. The minimum Gasteiger partial charge on any atom is -1.00 e. The minimum atomic E-state index is -0.370. The topological polar surface area (TPSA) is 30.7 Å². The molecule has 17 heavy (non-hydrogen) atoms. The molecule has 0 heterocycles. The van der Waals surface area contributed by atoms with Gasteiger partial charge in [-0.3, -0.25) is 4.79 Å². The van der Waals surface area contributed by atoms with Crippen LogP contribution in [0.2, 0.25) is 0 Å². The first-order valence-electron chi connectivity index (χ1n) is 5.26. The smallest absolute Gasteiger partial charge is 0.324 e. The maximum atomic E-state index is 11.6. The van der Waals surface area contributed by atoms with Crippen LogP contribution in [0, 0.1) is 0 Å². The van der Waals surface area contributed by atoms with E-state index >= 15 is 0 Å². The summed E-state index contributed by atoms with van der Waals surface area (Å²) in [5, 5.41) is 0. The summed E-state index contributed by atoms with van der Waals surface area (Å²) < 4.78 is 5.16. The van der Waals surface area contributed by atoms with Gasteiger partial charge in [0.05, 0.1) is 14.1 Å². The number of halogens is 2. The van der Waals surface area contributed by atoms with Gasteiger partial charge in [0, 0.05) is 0 Å². The molecule has 0 radical (unpaired) electrons. The molecule has 0 fully saturated rings. The van der Waals surface area contributed by atoms with Crippen LogP contribution in [0.3, 0.4) is 0 Å². The van der Waals surface area contributed by atoms with Crippen molar-refractivity contribution in [2.75, 3.05) is 27.2 Å². The quantitative estimate of drug-likeness (QED) is 0.493. The van der Waals surface area contributed by atoms with Gasteiger partial charge in [-0.1, -0.05) is 46.3 Å². The summed E-state index contributed by atoms with van der Waals surface area (Å²) in [5.74, 6) is -0.229. The number of benzene rings is 1. The van der Waals surface area contributed by atoms with E-state index in [-0.39, 0.29) is 23.2 Å². The number of esters is 1. The van der Waals surface area contributed by atoms with Crippen LogP contribution < -0.4 is 17.3 Å². The fourth-order valence-electron chi connectivity index (χ4n) is 1.19. The summed E-state index contributed by atoms with van der Waals surface area (Å²) in [6, 6.07) is 9.53. The highest BCUT2D eigenvalue weighted by molar-refractivity contribution is 9.09. The molecule has 96 valence electrons. The van der Waals surface area contributed by atoms with Crippen LogP contribution >= 0.6 is 15.9 Å². The second kappa shape index (κ2) is 8.50. The second-order valence-electron chi connectivity index (χ2n) is 3.90. The molecule has 0 saturated carbocycles. The van der Waals surface area contributed by atoms with Crippen molar-refractivity contribution in [2.45, 2.75) is 4.83 Å². The van der Waals surface area contributed by atoms with Crippen LogP contribution in [0.1, 0.15) is 10.4 Å². The zero-order chi connectivity index (χ0) is 12.0. The van der Waals surface area contributed by atoms with Crippen LogP contribution in [0.15, 0.2) is 30.3 Å². The van der Waals surface area contributed by atoms with Gasteiger partial charge in [-0.25, -0.2) is 0 Å². The maximum Gasteiger partial charge on any atom is 0.324 e. The maximum absolute atomic E-state index is 11.6. The number of hydrogen-bond donors (Lipinski definition) is 1. The standard InChI is InChI=1S/C12H16BrNO2.ClH/c1-14(2)8-9-16-12(15)11(13)10-6-4-3-5-7-10;/h3-7,11H,8-9H2,1-2H3;1H. The van der Waals surface area contributed by atoms with Gasteiger partial charge in [0.15, 0.2) is 0 Å². The van der Waals surface area contributed by atoms with Crippen molar-refractivity contribution < 1.29 is 26.8 Å². The molecule has 0 aliphatic carbocycles. The zero-order valence-corrected chi connectivity index (χ0v) is 12.3. The van der Waals surface area contributed by atoms with E-state index in [4.69, 9.17) is 4.74 Å². The lowest BCUT2D eigenvalue weighted by Crippen LogP contribution is -3.06. The van der Waals surface area contributed by atoms with Crippen molar-refractivity contribution in [1.29, 1.82) is 0 Å². The molecule has 0 bridgehead atoms. The third-order valence-corrected chi connectivity index (χ3v) is 3.05. The van der Waals surface area contributed by atoms with E-state index in [2.05, 4.69) is 15.9 Å². The highest BCUT2D eigenvalue weighted by atomic mass is 79.9. The van der Waals surface area contributed by atoms with Crippen LogP contribution in [-0.2, 0) is 9.53 Å². The first-order chi connectivity index (χ1) is 7.61. The molecule has 3 nitrogen and oxygen atoms in total. The Bertz CT molecular complexity index is 333. The Hall–Kier alpha value is -0.580. The Morgan fingerprint density at radius 3 is 2.47 bits per heavy atom. The third-order valence-electron chi connectivity index (χ3n) is 2.15. The molecule has 1 atom stereocenters. The second-order valence-corrected chi connectivity index (χ2v) is 4.81. The molecule has 0 spiro atoms. The molecular weight excluding hydrogens is 305 g/mol. The van der Waals surface area contributed by atoms with Crippen LogP contribution in [-0.4, -0.2) is 33.2 Å². The Morgan fingerprint density at radius 2 is 1.94 bits per heavy atom. The molecule has 1 unspecified atom stereocenters. The Kier molecular flexibility index (Phi) is 8.21. The molecular formula is C12H17BrClNO2. The summed E-state index contributed by atoms with van der Waals surface area (Å²) >= 11 is 3.34. The van der Waals surface area contributed by atoms with Gasteiger partial charge in [0.1, 0.15) is 18.0 Å². The largest absolute Gasteiger partial charge is 1.00 e. The third kappa shape index (κ3) is 6.05. The summed E-state index contributed by atoms with van der Waals surface area (Å²) in [5.41, 5.74) is 0.921. The van der Waals surface area contributed by atoms with E-state index in [1.807, 2.05) is 44.4 Å². The van der Waals surface area contributed by atoms with Crippen LogP contribution in [0.4, 0.5) is 0 Å². The lowest BCUT2D eigenvalue weighted by molar-refractivity contribution is -0.858. The van der Waals surface area contributed by atoms with Crippen molar-refractivity contribution in [3.63, 3.8) is 0 Å². The molecule has 0 saturated heterocycles.